The molecule has 0 radical (unpaired) electrons. The Bertz CT molecular complexity index is 626. The van der Waals surface area contributed by atoms with Crippen molar-refractivity contribution in [2.45, 2.75) is 19.4 Å². The van der Waals surface area contributed by atoms with Crippen LogP contribution in [0.4, 0.5) is 0 Å². The lowest BCUT2D eigenvalue weighted by Gasteiger charge is -2.16. The van der Waals surface area contributed by atoms with Crippen LogP contribution in [0.2, 0.25) is 5.02 Å². The van der Waals surface area contributed by atoms with Gasteiger partial charge in [-0.05, 0) is 35.6 Å². The van der Waals surface area contributed by atoms with Crippen LogP contribution in [0.15, 0.2) is 23.6 Å². The van der Waals surface area contributed by atoms with E-state index in [2.05, 4.69) is 13.0 Å². The third kappa shape index (κ3) is 2.51. The monoisotopic (exact) mass is 309 g/mol. The van der Waals surface area contributed by atoms with Gasteiger partial charge in [-0.3, -0.25) is 0 Å². The van der Waals surface area contributed by atoms with E-state index >= 15 is 0 Å². The van der Waals surface area contributed by atoms with Crippen molar-refractivity contribution in [2.24, 2.45) is 5.73 Å². The molecule has 2 aromatic rings. The van der Waals surface area contributed by atoms with Gasteiger partial charge >= 0.3 is 0 Å². The first-order valence-electron chi connectivity index (χ1n) is 6.55. The lowest BCUT2D eigenvalue weighted by Crippen LogP contribution is -2.12. The van der Waals surface area contributed by atoms with Gasteiger partial charge < -0.3 is 15.2 Å². The molecule has 3 nitrogen and oxygen atoms in total. The third-order valence-electron chi connectivity index (χ3n) is 3.39. The number of aryl methyl sites for hydroxylation is 1. The molecule has 1 aliphatic heterocycles. The van der Waals surface area contributed by atoms with Crippen molar-refractivity contribution < 1.29 is 9.47 Å². The van der Waals surface area contributed by atoms with Crippen LogP contribution in [0.5, 0.6) is 11.5 Å². The summed E-state index contributed by atoms with van der Waals surface area (Å²) in [6.07, 6.45) is 0.873. The number of halogens is 1. The van der Waals surface area contributed by atoms with E-state index < -0.39 is 0 Å². The quantitative estimate of drug-likeness (QED) is 0.914. The minimum Gasteiger partial charge on any atom is -0.490 e. The fourth-order valence-electron chi connectivity index (χ4n) is 2.28. The van der Waals surface area contributed by atoms with Crippen molar-refractivity contribution >= 4 is 22.9 Å². The molecule has 2 N–H and O–H groups in total. The summed E-state index contributed by atoms with van der Waals surface area (Å²) in [5.74, 6) is 1.43. The molecular formula is C15H16ClNO2S. The predicted octanol–water partition coefficient (Wildman–Crippen LogP) is 3.92. The highest BCUT2D eigenvalue weighted by Crippen LogP contribution is 2.39. The largest absolute Gasteiger partial charge is 0.490 e. The second kappa shape index (κ2) is 5.64. The summed E-state index contributed by atoms with van der Waals surface area (Å²) in [7, 11) is 0. The van der Waals surface area contributed by atoms with Crippen LogP contribution >= 0.6 is 22.9 Å². The number of thiophene rings is 1. The molecule has 1 unspecified atom stereocenters. The van der Waals surface area contributed by atoms with Gasteiger partial charge in [-0.15, -0.1) is 11.3 Å². The average molecular weight is 310 g/mol. The SMILES string of the molecule is Cc1ccsc1C(N)c1cc2c(cc1Cl)OCCCO2. The van der Waals surface area contributed by atoms with Gasteiger partial charge in [0, 0.05) is 22.4 Å². The minimum absolute atomic E-state index is 0.236. The smallest absolute Gasteiger partial charge is 0.162 e. The molecule has 1 atom stereocenters. The molecule has 0 amide bonds. The van der Waals surface area contributed by atoms with Gasteiger partial charge in [-0.25, -0.2) is 0 Å². The van der Waals surface area contributed by atoms with E-state index in [0.717, 1.165) is 22.6 Å². The van der Waals surface area contributed by atoms with E-state index in [1.807, 2.05) is 11.4 Å². The summed E-state index contributed by atoms with van der Waals surface area (Å²) >= 11 is 8.01. The molecule has 2 heterocycles. The Balaban J connectivity index is 2.01. The van der Waals surface area contributed by atoms with Crippen molar-refractivity contribution in [2.75, 3.05) is 13.2 Å². The lowest BCUT2D eigenvalue weighted by atomic mass is 10.0. The maximum absolute atomic E-state index is 6.37. The summed E-state index contributed by atoms with van der Waals surface area (Å²) in [6, 6.07) is 5.55. The number of fused-ring (bicyclic) bond motifs is 1. The van der Waals surface area contributed by atoms with Crippen molar-refractivity contribution in [3.8, 4) is 11.5 Å². The van der Waals surface area contributed by atoms with Crippen molar-refractivity contribution in [1.29, 1.82) is 0 Å². The molecule has 0 saturated carbocycles. The van der Waals surface area contributed by atoms with E-state index in [0.29, 0.717) is 24.0 Å². The number of rotatable bonds is 2. The van der Waals surface area contributed by atoms with Crippen LogP contribution in [0.1, 0.15) is 28.5 Å². The molecule has 0 fully saturated rings. The van der Waals surface area contributed by atoms with E-state index in [-0.39, 0.29) is 6.04 Å². The standard InChI is InChI=1S/C15H16ClNO2S/c1-9-3-6-20-15(9)14(17)10-7-12-13(8-11(10)16)19-5-2-4-18-12/h3,6-8,14H,2,4-5,17H2,1H3. The number of ether oxygens (including phenoxy) is 2. The second-order valence-corrected chi connectivity index (χ2v) is 6.17. The van der Waals surface area contributed by atoms with Crippen LogP contribution in [0, 0.1) is 6.92 Å². The van der Waals surface area contributed by atoms with Crippen molar-refractivity contribution in [3.05, 3.63) is 44.6 Å². The van der Waals surface area contributed by atoms with Crippen molar-refractivity contribution in [1.82, 2.24) is 0 Å². The zero-order valence-electron chi connectivity index (χ0n) is 11.2. The molecule has 106 valence electrons. The average Bonchev–Trinajstić information content (AvgIpc) is 2.72. The van der Waals surface area contributed by atoms with Crippen LogP contribution in [-0.4, -0.2) is 13.2 Å². The third-order valence-corrected chi connectivity index (χ3v) is 4.82. The molecule has 0 aliphatic carbocycles. The van der Waals surface area contributed by atoms with Crippen LogP contribution in [0.3, 0.4) is 0 Å². The molecule has 3 rings (SSSR count). The first-order chi connectivity index (χ1) is 9.66. The lowest BCUT2D eigenvalue weighted by molar-refractivity contribution is 0.297. The Hall–Kier alpha value is -1.23. The molecule has 1 aromatic carbocycles. The van der Waals surface area contributed by atoms with Crippen LogP contribution < -0.4 is 15.2 Å². The number of hydrogen-bond donors (Lipinski definition) is 1. The Labute approximate surface area is 127 Å². The number of hydrogen-bond acceptors (Lipinski definition) is 4. The zero-order chi connectivity index (χ0) is 14.1. The highest BCUT2D eigenvalue weighted by atomic mass is 35.5. The van der Waals surface area contributed by atoms with Gasteiger partial charge in [0.1, 0.15) is 0 Å². The first-order valence-corrected chi connectivity index (χ1v) is 7.81. The summed E-state index contributed by atoms with van der Waals surface area (Å²) in [4.78, 5) is 1.13. The van der Waals surface area contributed by atoms with Gasteiger partial charge in [0.2, 0.25) is 0 Å². The van der Waals surface area contributed by atoms with E-state index in [1.165, 1.54) is 5.56 Å². The maximum atomic E-state index is 6.37. The van der Waals surface area contributed by atoms with E-state index in [9.17, 15) is 0 Å². The molecule has 1 aromatic heterocycles. The Morgan fingerprint density at radius 3 is 2.60 bits per heavy atom. The normalized spacial score (nSPS) is 15.8. The number of nitrogens with two attached hydrogens (primary N) is 1. The Kier molecular flexibility index (Phi) is 3.87. The predicted molar refractivity (Wildman–Crippen MR) is 82.1 cm³/mol. The fourth-order valence-corrected chi connectivity index (χ4v) is 3.50. The molecule has 20 heavy (non-hydrogen) atoms. The number of benzene rings is 1. The second-order valence-electron chi connectivity index (χ2n) is 4.82. The minimum atomic E-state index is -0.236. The molecule has 0 spiro atoms. The maximum Gasteiger partial charge on any atom is 0.162 e. The van der Waals surface area contributed by atoms with Gasteiger partial charge in [-0.1, -0.05) is 11.6 Å². The topological polar surface area (TPSA) is 44.5 Å². The Morgan fingerprint density at radius 2 is 1.95 bits per heavy atom. The summed E-state index contributed by atoms with van der Waals surface area (Å²) in [5.41, 5.74) is 8.43. The van der Waals surface area contributed by atoms with Gasteiger partial charge in [-0.2, -0.15) is 0 Å². The van der Waals surface area contributed by atoms with Gasteiger partial charge in [0.05, 0.1) is 19.3 Å². The zero-order valence-corrected chi connectivity index (χ0v) is 12.8. The summed E-state index contributed by atoms with van der Waals surface area (Å²) in [6.45, 7) is 3.36. The fraction of sp³-hybridized carbons (Fsp3) is 0.333. The van der Waals surface area contributed by atoms with Crippen LogP contribution in [-0.2, 0) is 0 Å². The summed E-state index contributed by atoms with van der Waals surface area (Å²) < 4.78 is 11.3. The molecular weight excluding hydrogens is 294 g/mol. The summed E-state index contributed by atoms with van der Waals surface area (Å²) in [5, 5.41) is 2.66. The van der Waals surface area contributed by atoms with Crippen LogP contribution in [0.25, 0.3) is 0 Å². The highest BCUT2D eigenvalue weighted by Gasteiger charge is 2.20. The molecule has 5 heteroatoms. The van der Waals surface area contributed by atoms with E-state index in [1.54, 1.807) is 17.4 Å². The Morgan fingerprint density at radius 1 is 1.25 bits per heavy atom. The van der Waals surface area contributed by atoms with Gasteiger partial charge in [0.25, 0.3) is 0 Å². The molecule has 1 aliphatic rings. The first kappa shape index (κ1) is 13.7. The molecule has 0 bridgehead atoms. The van der Waals surface area contributed by atoms with E-state index in [4.69, 9.17) is 26.8 Å². The molecule has 0 saturated heterocycles. The van der Waals surface area contributed by atoms with Gasteiger partial charge in [0.15, 0.2) is 11.5 Å². The highest BCUT2D eigenvalue weighted by molar-refractivity contribution is 7.10. The van der Waals surface area contributed by atoms with Crippen molar-refractivity contribution in [3.63, 3.8) is 0 Å².